The fourth-order valence-electron chi connectivity index (χ4n) is 2.57. The minimum atomic E-state index is -1.11. The van der Waals surface area contributed by atoms with E-state index in [4.69, 9.17) is 4.74 Å². The van der Waals surface area contributed by atoms with Crippen molar-refractivity contribution in [3.8, 4) is 5.75 Å². The fraction of sp³-hybridized carbons (Fsp3) is 0.556. The van der Waals surface area contributed by atoms with Gasteiger partial charge in [0.2, 0.25) is 0 Å². The minimum absolute atomic E-state index is 0.158. The van der Waals surface area contributed by atoms with Gasteiger partial charge in [-0.2, -0.15) is 0 Å². The SMILES string of the molecule is CCCCOC(=O)N[C@@H](Cc1c(CC)cc(O)cc1CC)C(=O)O. The molecular weight excluding hydrogens is 310 g/mol. The predicted octanol–water partition coefficient (Wildman–Crippen LogP) is 3.04. The molecule has 0 bridgehead atoms. The zero-order valence-corrected chi connectivity index (χ0v) is 14.6. The highest BCUT2D eigenvalue weighted by Gasteiger charge is 2.23. The number of carbonyl (C=O) groups excluding carboxylic acids is 1. The summed E-state index contributed by atoms with van der Waals surface area (Å²) >= 11 is 0. The number of rotatable bonds is 9. The monoisotopic (exact) mass is 337 g/mol. The molecule has 0 aliphatic heterocycles. The number of aromatic hydroxyl groups is 1. The number of phenols is 1. The summed E-state index contributed by atoms with van der Waals surface area (Å²) in [4.78, 5) is 23.3. The highest BCUT2D eigenvalue weighted by Crippen LogP contribution is 2.24. The second-order valence-corrected chi connectivity index (χ2v) is 5.68. The van der Waals surface area contributed by atoms with Gasteiger partial charge in [0.15, 0.2) is 0 Å². The molecule has 0 aliphatic rings. The van der Waals surface area contributed by atoms with E-state index in [9.17, 15) is 19.8 Å². The number of carboxylic acid groups (broad SMARTS) is 1. The second kappa shape index (κ2) is 9.80. The van der Waals surface area contributed by atoms with Crippen LogP contribution in [0, 0.1) is 0 Å². The molecule has 0 saturated carbocycles. The van der Waals surface area contributed by atoms with Crippen molar-refractivity contribution in [2.45, 2.75) is 58.9 Å². The Morgan fingerprint density at radius 3 is 2.21 bits per heavy atom. The number of hydrogen-bond acceptors (Lipinski definition) is 4. The van der Waals surface area contributed by atoms with Crippen LogP contribution in [0.1, 0.15) is 50.3 Å². The van der Waals surface area contributed by atoms with Gasteiger partial charge in [-0.15, -0.1) is 0 Å². The molecular formula is C18H27NO5. The average molecular weight is 337 g/mol. The van der Waals surface area contributed by atoms with Gasteiger partial charge in [0.05, 0.1) is 6.61 Å². The van der Waals surface area contributed by atoms with Gasteiger partial charge in [0, 0.05) is 6.42 Å². The summed E-state index contributed by atoms with van der Waals surface area (Å²) in [5.41, 5.74) is 2.64. The first-order valence-electron chi connectivity index (χ1n) is 8.42. The zero-order chi connectivity index (χ0) is 18.1. The van der Waals surface area contributed by atoms with Gasteiger partial charge >= 0.3 is 12.1 Å². The zero-order valence-electron chi connectivity index (χ0n) is 14.6. The van der Waals surface area contributed by atoms with Crippen LogP contribution in [0.25, 0.3) is 0 Å². The molecule has 134 valence electrons. The summed E-state index contributed by atoms with van der Waals surface area (Å²) in [5, 5.41) is 21.6. The Balaban J connectivity index is 2.93. The quantitative estimate of drug-likeness (QED) is 0.602. The standard InChI is InChI=1S/C18H27NO5/c1-4-7-8-24-18(23)19-16(17(21)22)11-15-12(5-2)9-14(20)10-13(15)6-3/h9-10,16,20H,4-8,11H2,1-3H3,(H,19,23)(H,21,22)/t16-/m0/s1. The Labute approximate surface area is 142 Å². The molecule has 0 aromatic heterocycles. The molecule has 0 fully saturated rings. The van der Waals surface area contributed by atoms with E-state index >= 15 is 0 Å². The molecule has 1 aromatic carbocycles. The number of unbranched alkanes of at least 4 members (excludes halogenated alkanes) is 1. The van der Waals surface area contributed by atoms with Crippen LogP contribution < -0.4 is 5.32 Å². The van der Waals surface area contributed by atoms with Crippen LogP contribution in [0.2, 0.25) is 0 Å². The largest absolute Gasteiger partial charge is 0.508 e. The number of carboxylic acids is 1. The van der Waals surface area contributed by atoms with E-state index in [0.29, 0.717) is 12.8 Å². The van der Waals surface area contributed by atoms with Crippen molar-refractivity contribution in [2.24, 2.45) is 0 Å². The Hall–Kier alpha value is -2.24. The van der Waals surface area contributed by atoms with Crippen LogP contribution in [-0.2, 0) is 28.8 Å². The van der Waals surface area contributed by atoms with Gasteiger partial charge in [-0.05, 0) is 48.1 Å². The lowest BCUT2D eigenvalue weighted by molar-refractivity contribution is -0.139. The van der Waals surface area contributed by atoms with Crippen molar-refractivity contribution < 1.29 is 24.5 Å². The number of phenolic OH excluding ortho intramolecular Hbond substituents is 1. The summed E-state index contributed by atoms with van der Waals surface area (Å²) in [7, 11) is 0. The van der Waals surface area contributed by atoms with E-state index < -0.39 is 18.1 Å². The number of benzene rings is 1. The molecule has 1 amide bonds. The van der Waals surface area contributed by atoms with Gasteiger partial charge in [-0.25, -0.2) is 9.59 Å². The van der Waals surface area contributed by atoms with Crippen molar-refractivity contribution >= 4 is 12.1 Å². The number of alkyl carbamates (subject to hydrolysis) is 1. The van der Waals surface area contributed by atoms with E-state index in [1.807, 2.05) is 20.8 Å². The lowest BCUT2D eigenvalue weighted by Crippen LogP contribution is -2.43. The first-order chi connectivity index (χ1) is 11.4. The second-order valence-electron chi connectivity index (χ2n) is 5.68. The van der Waals surface area contributed by atoms with E-state index in [1.165, 1.54) is 0 Å². The van der Waals surface area contributed by atoms with Crippen LogP contribution in [0.5, 0.6) is 5.75 Å². The van der Waals surface area contributed by atoms with E-state index in [0.717, 1.165) is 29.5 Å². The topological polar surface area (TPSA) is 95.9 Å². The number of ether oxygens (including phenoxy) is 1. The number of carbonyl (C=O) groups is 2. The summed E-state index contributed by atoms with van der Waals surface area (Å²) in [5.74, 6) is -0.939. The molecule has 1 atom stereocenters. The summed E-state index contributed by atoms with van der Waals surface area (Å²) < 4.78 is 4.98. The fourth-order valence-corrected chi connectivity index (χ4v) is 2.57. The number of amides is 1. The molecule has 3 N–H and O–H groups in total. The van der Waals surface area contributed by atoms with Crippen LogP contribution in [0.3, 0.4) is 0 Å². The van der Waals surface area contributed by atoms with Crippen molar-refractivity contribution in [1.29, 1.82) is 0 Å². The molecule has 1 rings (SSSR count). The highest BCUT2D eigenvalue weighted by atomic mass is 16.5. The molecule has 1 aromatic rings. The molecule has 0 aliphatic carbocycles. The Morgan fingerprint density at radius 1 is 1.17 bits per heavy atom. The molecule has 0 saturated heterocycles. The van der Waals surface area contributed by atoms with Gasteiger partial charge in [0.1, 0.15) is 11.8 Å². The van der Waals surface area contributed by atoms with E-state index in [-0.39, 0.29) is 18.8 Å². The normalized spacial score (nSPS) is 11.8. The number of nitrogens with one attached hydrogen (secondary N) is 1. The van der Waals surface area contributed by atoms with Gasteiger partial charge in [-0.1, -0.05) is 27.2 Å². The molecule has 0 radical (unpaired) electrons. The minimum Gasteiger partial charge on any atom is -0.508 e. The maximum atomic E-state index is 11.7. The molecule has 6 nitrogen and oxygen atoms in total. The van der Waals surface area contributed by atoms with Crippen molar-refractivity contribution in [1.82, 2.24) is 5.32 Å². The molecule has 0 spiro atoms. The number of aryl methyl sites for hydroxylation is 2. The average Bonchev–Trinajstić information content (AvgIpc) is 2.55. The Bertz CT molecular complexity index is 546. The maximum Gasteiger partial charge on any atom is 0.407 e. The van der Waals surface area contributed by atoms with Crippen molar-refractivity contribution in [3.63, 3.8) is 0 Å². The highest BCUT2D eigenvalue weighted by molar-refractivity contribution is 5.80. The van der Waals surface area contributed by atoms with Gasteiger partial charge < -0.3 is 20.3 Å². The lowest BCUT2D eigenvalue weighted by atomic mass is 9.92. The van der Waals surface area contributed by atoms with E-state index in [1.54, 1.807) is 12.1 Å². The van der Waals surface area contributed by atoms with Crippen LogP contribution in [0.4, 0.5) is 4.79 Å². The van der Waals surface area contributed by atoms with Crippen molar-refractivity contribution in [2.75, 3.05) is 6.61 Å². The molecule has 0 heterocycles. The summed E-state index contributed by atoms with van der Waals surface area (Å²) in [6, 6.07) is 2.22. The van der Waals surface area contributed by atoms with Gasteiger partial charge in [0.25, 0.3) is 0 Å². The molecule has 0 unspecified atom stereocenters. The molecule has 24 heavy (non-hydrogen) atoms. The number of hydrogen-bond donors (Lipinski definition) is 3. The van der Waals surface area contributed by atoms with E-state index in [2.05, 4.69) is 5.32 Å². The van der Waals surface area contributed by atoms with Crippen LogP contribution >= 0.6 is 0 Å². The van der Waals surface area contributed by atoms with Crippen molar-refractivity contribution in [3.05, 3.63) is 28.8 Å². The first-order valence-corrected chi connectivity index (χ1v) is 8.42. The summed E-state index contributed by atoms with van der Waals surface area (Å²) in [6.45, 7) is 6.14. The third-order valence-electron chi connectivity index (χ3n) is 3.91. The van der Waals surface area contributed by atoms with Gasteiger partial charge in [-0.3, -0.25) is 0 Å². The predicted molar refractivity (Wildman–Crippen MR) is 91.4 cm³/mol. The van der Waals surface area contributed by atoms with Crippen LogP contribution in [-0.4, -0.2) is 34.9 Å². The maximum absolute atomic E-state index is 11.7. The third-order valence-corrected chi connectivity index (χ3v) is 3.91. The molecule has 6 heteroatoms. The Morgan fingerprint density at radius 2 is 1.75 bits per heavy atom. The summed E-state index contributed by atoms with van der Waals surface area (Å²) in [6.07, 6.45) is 2.41. The number of aliphatic carboxylic acids is 1. The smallest absolute Gasteiger partial charge is 0.407 e. The van der Waals surface area contributed by atoms with Crippen LogP contribution in [0.15, 0.2) is 12.1 Å². The first kappa shape index (κ1) is 19.8. The Kier molecular flexibility index (Phi) is 8.09. The third kappa shape index (κ3) is 5.76. The lowest BCUT2D eigenvalue weighted by Gasteiger charge is -2.19.